The Kier molecular flexibility index (Phi) is 7.49. The first-order valence-electron chi connectivity index (χ1n) is 11.2. The van der Waals surface area contributed by atoms with E-state index in [4.69, 9.17) is 9.84 Å². The van der Waals surface area contributed by atoms with Crippen molar-refractivity contribution in [2.24, 2.45) is 5.92 Å². The topological polar surface area (TPSA) is 108 Å². The molecule has 4 rings (SSSR count). The average Bonchev–Trinajstić information content (AvgIpc) is 3.22. The standard InChI is InChI=1S/C21H31FN6O3S/c1-14(2)19-9-17-4-3-15(10-25-32(29)30)20(28(17)26-19)13-31-18-5-7-27(8-6-18)21-23-11-16(22)12-24-21/h9,11-12,14-15,18,20,25H,3-8,10,13H2,1-2H3,(H,29,30)/p-1. The highest BCUT2D eigenvalue weighted by Crippen LogP contribution is 2.33. The molecule has 3 unspecified atom stereocenters. The number of hydrogen-bond acceptors (Lipinski definition) is 7. The molecule has 3 atom stereocenters. The lowest BCUT2D eigenvalue weighted by Crippen LogP contribution is -2.41. The van der Waals surface area contributed by atoms with Crippen LogP contribution in [0.3, 0.4) is 0 Å². The molecule has 1 N–H and O–H groups in total. The number of fused-ring (bicyclic) bond motifs is 1. The molecule has 0 aliphatic carbocycles. The van der Waals surface area contributed by atoms with Crippen molar-refractivity contribution in [1.29, 1.82) is 0 Å². The Morgan fingerprint density at radius 2 is 2.00 bits per heavy atom. The monoisotopic (exact) mass is 465 g/mol. The summed E-state index contributed by atoms with van der Waals surface area (Å²) >= 11 is -2.29. The fraction of sp³-hybridized carbons (Fsp3) is 0.667. The summed E-state index contributed by atoms with van der Waals surface area (Å²) < 4.78 is 46.1. The van der Waals surface area contributed by atoms with Crippen molar-refractivity contribution in [2.45, 2.75) is 57.6 Å². The van der Waals surface area contributed by atoms with Gasteiger partial charge in [0.25, 0.3) is 0 Å². The molecular weight excluding hydrogens is 435 g/mol. The van der Waals surface area contributed by atoms with E-state index in [0.717, 1.165) is 44.5 Å². The van der Waals surface area contributed by atoms with Gasteiger partial charge in [0.1, 0.15) is 0 Å². The second kappa shape index (κ2) is 10.3. The summed E-state index contributed by atoms with van der Waals surface area (Å²) in [5.74, 6) is 0.547. The number of ether oxygens (including phenoxy) is 1. The normalized spacial score (nSPS) is 22.8. The van der Waals surface area contributed by atoms with Gasteiger partial charge in [0.2, 0.25) is 5.95 Å². The third kappa shape index (κ3) is 5.51. The van der Waals surface area contributed by atoms with E-state index in [2.05, 4.69) is 39.3 Å². The molecule has 2 aliphatic rings. The van der Waals surface area contributed by atoms with Crippen molar-refractivity contribution >= 4 is 17.2 Å². The minimum atomic E-state index is -2.29. The fourth-order valence-corrected chi connectivity index (χ4v) is 4.83. The van der Waals surface area contributed by atoms with Crippen LogP contribution in [-0.2, 0) is 22.4 Å². The largest absolute Gasteiger partial charge is 0.760 e. The zero-order chi connectivity index (χ0) is 22.7. The average molecular weight is 466 g/mol. The molecule has 32 heavy (non-hydrogen) atoms. The molecular formula is C21H30FN6O3S-. The Balaban J connectivity index is 1.38. The van der Waals surface area contributed by atoms with E-state index in [1.54, 1.807) is 0 Å². The molecule has 1 saturated heterocycles. The number of piperidine rings is 1. The van der Waals surface area contributed by atoms with Crippen LogP contribution in [0.2, 0.25) is 0 Å². The fourth-order valence-electron chi connectivity index (χ4n) is 4.48. The van der Waals surface area contributed by atoms with Crippen molar-refractivity contribution in [3.8, 4) is 0 Å². The molecule has 2 aromatic rings. The smallest absolute Gasteiger partial charge is 0.225 e. The lowest BCUT2D eigenvalue weighted by atomic mass is 9.90. The molecule has 176 valence electrons. The molecule has 0 amide bonds. The van der Waals surface area contributed by atoms with Crippen LogP contribution in [0.5, 0.6) is 0 Å². The summed E-state index contributed by atoms with van der Waals surface area (Å²) in [4.78, 5) is 10.2. The quantitative estimate of drug-likeness (QED) is 0.595. The predicted octanol–water partition coefficient (Wildman–Crippen LogP) is 2.11. The Hall–Kier alpha value is -1.95. The van der Waals surface area contributed by atoms with Crippen molar-refractivity contribution in [2.75, 3.05) is 31.1 Å². The minimum Gasteiger partial charge on any atom is -0.760 e. The van der Waals surface area contributed by atoms with Crippen LogP contribution in [0.25, 0.3) is 0 Å². The molecule has 0 aromatic carbocycles. The van der Waals surface area contributed by atoms with Crippen LogP contribution >= 0.6 is 0 Å². The maximum Gasteiger partial charge on any atom is 0.225 e. The maximum absolute atomic E-state index is 13.1. The number of nitrogens with zero attached hydrogens (tertiary/aromatic N) is 5. The van der Waals surface area contributed by atoms with E-state index in [1.807, 2.05) is 4.90 Å². The molecule has 9 nitrogen and oxygen atoms in total. The lowest BCUT2D eigenvalue weighted by molar-refractivity contribution is -0.000938. The summed E-state index contributed by atoms with van der Waals surface area (Å²) in [5, 5.41) is 4.83. The maximum atomic E-state index is 13.1. The Labute approximate surface area is 190 Å². The number of rotatable bonds is 8. The van der Waals surface area contributed by atoms with Crippen LogP contribution in [-0.4, -0.2) is 60.9 Å². The van der Waals surface area contributed by atoms with Crippen LogP contribution in [0.15, 0.2) is 18.5 Å². The van der Waals surface area contributed by atoms with Crippen molar-refractivity contribution in [1.82, 2.24) is 24.5 Å². The number of nitrogens with one attached hydrogen (secondary N) is 1. The summed E-state index contributed by atoms with van der Waals surface area (Å²) in [6.07, 6.45) is 5.88. The minimum absolute atomic E-state index is 0.0132. The van der Waals surface area contributed by atoms with Gasteiger partial charge in [-0.3, -0.25) is 8.89 Å². The van der Waals surface area contributed by atoms with E-state index >= 15 is 0 Å². The van der Waals surface area contributed by atoms with Gasteiger partial charge in [-0.2, -0.15) is 5.10 Å². The predicted molar refractivity (Wildman–Crippen MR) is 117 cm³/mol. The SMILES string of the molecule is CC(C)c1cc2n(n1)C(COC1CCN(c3ncc(F)cn3)CC1)C(CNS(=O)[O-])CC2. The highest BCUT2D eigenvalue weighted by atomic mass is 32.2. The van der Waals surface area contributed by atoms with E-state index in [1.165, 1.54) is 18.1 Å². The van der Waals surface area contributed by atoms with Crippen molar-refractivity contribution in [3.05, 3.63) is 35.7 Å². The summed E-state index contributed by atoms with van der Waals surface area (Å²) in [6.45, 7) is 6.59. The first-order chi connectivity index (χ1) is 15.4. The third-order valence-electron chi connectivity index (χ3n) is 6.35. The molecule has 0 saturated carbocycles. The molecule has 2 aromatic heterocycles. The van der Waals surface area contributed by atoms with Gasteiger partial charge in [0.05, 0.1) is 36.8 Å². The Morgan fingerprint density at radius 1 is 1.28 bits per heavy atom. The van der Waals surface area contributed by atoms with Gasteiger partial charge in [-0.05, 0) is 43.6 Å². The van der Waals surface area contributed by atoms with E-state index in [9.17, 15) is 13.2 Å². The number of halogens is 1. The van der Waals surface area contributed by atoms with Gasteiger partial charge >= 0.3 is 0 Å². The zero-order valence-electron chi connectivity index (χ0n) is 18.4. The van der Waals surface area contributed by atoms with Crippen molar-refractivity contribution in [3.63, 3.8) is 0 Å². The van der Waals surface area contributed by atoms with E-state index in [-0.39, 0.29) is 18.1 Å². The second-order valence-electron chi connectivity index (χ2n) is 8.83. The van der Waals surface area contributed by atoms with Gasteiger partial charge in [0.15, 0.2) is 5.82 Å². The van der Waals surface area contributed by atoms with Gasteiger partial charge in [0, 0.05) is 36.6 Å². The van der Waals surface area contributed by atoms with Crippen molar-refractivity contribution < 1.29 is 17.9 Å². The first-order valence-corrected chi connectivity index (χ1v) is 12.2. The van der Waals surface area contributed by atoms with Gasteiger partial charge in [-0.15, -0.1) is 0 Å². The number of anilines is 1. The van der Waals surface area contributed by atoms with Gasteiger partial charge in [-0.25, -0.2) is 19.1 Å². The molecule has 1 fully saturated rings. The van der Waals surface area contributed by atoms with Crippen LogP contribution in [0, 0.1) is 11.7 Å². The van der Waals surface area contributed by atoms with E-state index in [0.29, 0.717) is 25.0 Å². The van der Waals surface area contributed by atoms with Gasteiger partial charge in [-0.1, -0.05) is 13.8 Å². The Bertz CT molecular complexity index is 917. The molecule has 0 spiro atoms. The number of aromatic nitrogens is 4. The molecule has 0 bridgehead atoms. The zero-order valence-corrected chi connectivity index (χ0v) is 19.3. The highest BCUT2D eigenvalue weighted by molar-refractivity contribution is 7.77. The van der Waals surface area contributed by atoms with Gasteiger partial charge < -0.3 is 14.2 Å². The summed E-state index contributed by atoms with van der Waals surface area (Å²) in [7, 11) is 0. The molecule has 4 heterocycles. The second-order valence-corrected chi connectivity index (χ2v) is 9.59. The van der Waals surface area contributed by atoms with Crippen LogP contribution < -0.4 is 9.62 Å². The molecule has 2 aliphatic heterocycles. The molecule has 11 heteroatoms. The first kappa shape index (κ1) is 23.2. The molecule has 0 radical (unpaired) electrons. The summed E-state index contributed by atoms with van der Waals surface area (Å²) in [6, 6.07) is 2.15. The van der Waals surface area contributed by atoms with Crippen LogP contribution in [0.1, 0.15) is 56.5 Å². The highest BCUT2D eigenvalue weighted by Gasteiger charge is 2.32. The Morgan fingerprint density at radius 3 is 2.66 bits per heavy atom. The lowest BCUT2D eigenvalue weighted by Gasteiger charge is -2.36. The third-order valence-corrected chi connectivity index (χ3v) is 6.75. The summed E-state index contributed by atoms with van der Waals surface area (Å²) in [5.41, 5.74) is 2.24. The number of aryl methyl sites for hydroxylation is 1. The van der Waals surface area contributed by atoms with Crippen LogP contribution in [0.4, 0.5) is 10.3 Å². The van der Waals surface area contributed by atoms with E-state index < -0.39 is 17.1 Å². The number of hydrogen-bond donors (Lipinski definition) is 1.